The Labute approximate surface area is 201 Å². The van der Waals surface area contributed by atoms with Crippen molar-refractivity contribution >= 4 is 10.0 Å². The van der Waals surface area contributed by atoms with Crippen LogP contribution in [-0.2, 0) is 10.0 Å². The highest BCUT2D eigenvalue weighted by molar-refractivity contribution is 7.89. The van der Waals surface area contributed by atoms with E-state index >= 15 is 0 Å². The first-order valence-corrected chi connectivity index (χ1v) is 11.6. The summed E-state index contributed by atoms with van der Waals surface area (Å²) in [5.41, 5.74) is 1.22. The van der Waals surface area contributed by atoms with Crippen LogP contribution in [0.4, 0.5) is 4.39 Å². The smallest absolute Gasteiger partial charge is 0.238 e. The Balaban J connectivity index is 1.82. The monoisotopic (exact) mass is 485 g/mol. The fourth-order valence-electron chi connectivity index (χ4n) is 3.29. The maximum atomic E-state index is 14.1. The van der Waals surface area contributed by atoms with Gasteiger partial charge in [0.1, 0.15) is 28.8 Å². The second-order valence-corrected chi connectivity index (χ2v) is 8.88. The highest BCUT2D eigenvalue weighted by atomic mass is 32.2. The van der Waals surface area contributed by atoms with Crippen molar-refractivity contribution in [3.8, 4) is 46.3 Å². The number of ether oxygens (including phenoxy) is 2. The molecule has 9 heteroatoms. The Morgan fingerprint density at radius 1 is 0.686 bits per heavy atom. The molecular weight excluding hydrogens is 469 g/mol. The van der Waals surface area contributed by atoms with E-state index < -0.39 is 15.8 Å². The molecule has 0 aliphatic heterocycles. The molecule has 0 saturated carbocycles. The van der Waals surface area contributed by atoms with Gasteiger partial charge in [-0.3, -0.25) is 0 Å². The minimum atomic E-state index is -4.17. The largest absolute Gasteiger partial charge is 0.457 e. The van der Waals surface area contributed by atoms with E-state index in [2.05, 4.69) is 0 Å². The quantitative estimate of drug-likeness (QED) is 0.386. The zero-order chi connectivity index (χ0) is 25.0. The van der Waals surface area contributed by atoms with Gasteiger partial charge in [-0.15, -0.1) is 0 Å². The number of benzene rings is 4. The van der Waals surface area contributed by atoms with E-state index in [-0.39, 0.29) is 27.5 Å². The standard InChI is InChI=1S/C26H16FN3O4S/c27-20-5-10-26(35(30,31)32)25(13-20)19-11-23(33-21-6-1-17(15-28)2-7-21)14-24(12-19)34-22-8-3-18(16-29)4-9-22/h1-14H,(H2,30,31,32). The Hall–Kier alpha value is -4.70. The van der Waals surface area contributed by atoms with Gasteiger partial charge in [-0.05, 0) is 84.4 Å². The summed E-state index contributed by atoms with van der Waals surface area (Å²) in [6.07, 6.45) is 0. The van der Waals surface area contributed by atoms with Gasteiger partial charge in [0.2, 0.25) is 10.0 Å². The van der Waals surface area contributed by atoms with Crippen molar-refractivity contribution in [2.75, 3.05) is 0 Å². The molecule has 0 unspecified atom stereocenters. The van der Waals surface area contributed by atoms with Crippen LogP contribution in [0.1, 0.15) is 11.1 Å². The van der Waals surface area contributed by atoms with Crippen LogP contribution in [0.25, 0.3) is 11.1 Å². The molecule has 0 saturated heterocycles. The van der Waals surface area contributed by atoms with E-state index in [0.717, 1.165) is 18.2 Å². The van der Waals surface area contributed by atoms with E-state index in [1.54, 1.807) is 54.6 Å². The molecular formula is C26H16FN3O4S. The molecule has 0 atom stereocenters. The van der Waals surface area contributed by atoms with Crippen LogP contribution >= 0.6 is 0 Å². The Morgan fingerprint density at radius 2 is 1.17 bits per heavy atom. The molecule has 0 aromatic heterocycles. The number of sulfonamides is 1. The van der Waals surface area contributed by atoms with Gasteiger partial charge in [0, 0.05) is 11.6 Å². The van der Waals surface area contributed by atoms with Crippen LogP contribution in [0.2, 0.25) is 0 Å². The lowest BCUT2D eigenvalue weighted by Crippen LogP contribution is -2.13. The summed E-state index contributed by atoms with van der Waals surface area (Å²) in [4.78, 5) is -0.265. The molecule has 4 aromatic rings. The van der Waals surface area contributed by atoms with Gasteiger partial charge in [0.15, 0.2) is 0 Å². The maximum Gasteiger partial charge on any atom is 0.238 e. The zero-order valence-corrected chi connectivity index (χ0v) is 18.8. The van der Waals surface area contributed by atoms with Crippen molar-refractivity contribution in [3.05, 3.63) is 102 Å². The number of nitrogens with two attached hydrogens (primary N) is 1. The maximum absolute atomic E-state index is 14.1. The molecule has 4 aromatic carbocycles. The normalized spacial score (nSPS) is 10.7. The third-order valence-electron chi connectivity index (χ3n) is 4.88. The number of rotatable bonds is 6. The molecule has 0 radical (unpaired) electrons. The topological polar surface area (TPSA) is 126 Å². The Kier molecular flexibility index (Phi) is 6.47. The minimum Gasteiger partial charge on any atom is -0.457 e. The third-order valence-corrected chi connectivity index (χ3v) is 5.85. The van der Waals surface area contributed by atoms with Crippen molar-refractivity contribution in [2.45, 2.75) is 4.90 Å². The first-order chi connectivity index (χ1) is 16.7. The molecule has 7 nitrogen and oxygen atoms in total. The lowest BCUT2D eigenvalue weighted by molar-refractivity contribution is 0.460. The Morgan fingerprint density at radius 3 is 1.60 bits per heavy atom. The second-order valence-electron chi connectivity index (χ2n) is 7.36. The average molecular weight is 485 g/mol. The lowest BCUT2D eigenvalue weighted by atomic mass is 10.0. The summed E-state index contributed by atoms with van der Waals surface area (Å²) >= 11 is 0. The van der Waals surface area contributed by atoms with Gasteiger partial charge in [0.05, 0.1) is 28.2 Å². The van der Waals surface area contributed by atoms with E-state index in [0.29, 0.717) is 22.6 Å². The summed E-state index contributed by atoms with van der Waals surface area (Å²) in [5.74, 6) is 0.703. The SMILES string of the molecule is N#Cc1ccc(Oc2cc(Oc3ccc(C#N)cc3)cc(-c3cc(F)ccc3S(N)(=O)=O)c2)cc1. The van der Waals surface area contributed by atoms with Gasteiger partial charge in [-0.25, -0.2) is 17.9 Å². The van der Waals surface area contributed by atoms with Crippen molar-refractivity contribution in [2.24, 2.45) is 5.14 Å². The molecule has 172 valence electrons. The highest BCUT2D eigenvalue weighted by Crippen LogP contribution is 2.37. The number of nitriles is 2. The van der Waals surface area contributed by atoms with Crippen molar-refractivity contribution in [1.29, 1.82) is 10.5 Å². The molecule has 0 aliphatic carbocycles. The number of hydrogen-bond donors (Lipinski definition) is 1. The molecule has 2 N–H and O–H groups in total. The molecule has 35 heavy (non-hydrogen) atoms. The van der Waals surface area contributed by atoms with Gasteiger partial charge in [0.25, 0.3) is 0 Å². The Bertz CT molecular complexity index is 1510. The minimum absolute atomic E-state index is 0.0301. The number of hydrogen-bond acceptors (Lipinski definition) is 6. The van der Waals surface area contributed by atoms with Crippen molar-refractivity contribution < 1.29 is 22.3 Å². The highest BCUT2D eigenvalue weighted by Gasteiger charge is 2.18. The molecule has 0 spiro atoms. The predicted molar refractivity (Wildman–Crippen MR) is 126 cm³/mol. The fourth-order valence-corrected chi connectivity index (χ4v) is 4.03. The van der Waals surface area contributed by atoms with Crippen molar-refractivity contribution in [3.63, 3.8) is 0 Å². The number of halogens is 1. The predicted octanol–water partition coefficient (Wildman–Crippen LogP) is 5.47. The van der Waals surface area contributed by atoms with Gasteiger partial charge in [-0.2, -0.15) is 10.5 Å². The van der Waals surface area contributed by atoms with Gasteiger partial charge < -0.3 is 9.47 Å². The second kappa shape index (κ2) is 9.65. The van der Waals surface area contributed by atoms with E-state index in [9.17, 15) is 12.8 Å². The van der Waals surface area contributed by atoms with E-state index in [1.165, 1.54) is 12.1 Å². The zero-order valence-electron chi connectivity index (χ0n) is 18.0. The summed E-state index contributed by atoms with van der Waals surface area (Å²) < 4.78 is 50.2. The molecule has 0 aliphatic rings. The lowest BCUT2D eigenvalue weighted by Gasteiger charge is -2.14. The number of nitrogens with zero attached hydrogens (tertiary/aromatic N) is 2. The van der Waals surface area contributed by atoms with Crippen LogP contribution in [0.5, 0.6) is 23.0 Å². The number of primary sulfonamides is 1. The van der Waals surface area contributed by atoms with Gasteiger partial charge in [-0.1, -0.05) is 0 Å². The van der Waals surface area contributed by atoms with Crippen molar-refractivity contribution in [1.82, 2.24) is 0 Å². The summed E-state index contributed by atoms with van der Waals surface area (Å²) in [6, 6.07) is 24.5. The average Bonchev–Trinajstić information content (AvgIpc) is 2.84. The summed E-state index contributed by atoms with van der Waals surface area (Å²) in [6.45, 7) is 0. The first-order valence-electron chi connectivity index (χ1n) is 10.1. The van der Waals surface area contributed by atoms with Crippen LogP contribution in [0.3, 0.4) is 0 Å². The molecule has 0 heterocycles. The fraction of sp³-hybridized carbons (Fsp3) is 0. The first kappa shape index (κ1) is 23.5. The van der Waals surface area contributed by atoms with Crippen LogP contribution in [-0.4, -0.2) is 8.42 Å². The molecule has 0 fully saturated rings. The molecule has 0 bridgehead atoms. The van der Waals surface area contributed by atoms with Crippen LogP contribution < -0.4 is 14.6 Å². The third kappa shape index (κ3) is 5.63. The van der Waals surface area contributed by atoms with Crippen LogP contribution in [0, 0.1) is 28.5 Å². The summed E-state index contributed by atoms with van der Waals surface area (Å²) in [5, 5.41) is 23.3. The van der Waals surface area contributed by atoms with Gasteiger partial charge >= 0.3 is 0 Å². The molecule has 4 rings (SSSR count). The summed E-state index contributed by atoms with van der Waals surface area (Å²) in [7, 11) is -4.17. The van der Waals surface area contributed by atoms with Crippen LogP contribution in [0.15, 0.2) is 89.8 Å². The van der Waals surface area contributed by atoms with E-state index in [4.69, 9.17) is 25.1 Å². The van der Waals surface area contributed by atoms with E-state index in [1.807, 2.05) is 12.1 Å². The molecule has 0 amide bonds.